The van der Waals surface area contributed by atoms with Gasteiger partial charge in [-0.25, -0.2) is 4.68 Å². The first-order chi connectivity index (χ1) is 12.1. The zero-order valence-electron chi connectivity index (χ0n) is 14.6. The molecule has 2 aromatic rings. The lowest BCUT2D eigenvalue weighted by Gasteiger charge is -2.33. The van der Waals surface area contributed by atoms with Gasteiger partial charge in [0.05, 0.1) is 11.6 Å². The smallest absolute Gasteiger partial charge is 0.275 e. The van der Waals surface area contributed by atoms with Crippen LogP contribution in [0.1, 0.15) is 25.7 Å². The van der Waals surface area contributed by atoms with Crippen LogP contribution in [0.3, 0.4) is 0 Å². The van der Waals surface area contributed by atoms with Crippen LogP contribution in [0.4, 0.5) is 0 Å². The Bertz CT molecular complexity index is 847. The van der Waals surface area contributed by atoms with Crippen molar-refractivity contribution >= 4 is 16.7 Å². The molecule has 3 heterocycles. The van der Waals surface area contributed by atoms with Gasteiger partial charge < -0.3 is 9.80 Å². The van der Waals surface area contributed by atoms with Gasteiger partial charge >= 0.3 is 0 Å². The van der Waals surface area contributed by atoms with E-state index < -0.39 is 0 Å². The number of rotatable bonds is 3. The highest BCUT2D eigenvalue weighted by atomic mass is 16.2. The number of nitrogens with zero attached hydrogens (tertiary/aromatic N) is 4. The Morgan fingerprint density at radius 2 is 1.92 bits per heavy atom. The van der Waals surface area contributed by atoms with E-state index in [0.717, 1.165) is 37.7 Å². The van der Waals surface area contributed by atoms with Crippen LogP contribution in [0.15, 0.2) is 35.3 Å². The fourth-order valence-corrected chi connectivity index (χ4v) is 4.38. The van der Waals surface area contributed by atoms with Gasteiger partial charge in [-0.2, -0.15) is 5.10 Å². The molecule has 0 N–H and O–H groups in total. The number of fused-ring (bicyclic) bond motifs is 1. The quantitative estimate of drug-likeness (QED) is 0.849. The third kappa shape index (κ3) is 2.95. The van der Waals surface area contributed by atoms with E-state index in [2.05, 4.69) is 17.0 Å². The summed E-state index contributed by atoms with van der Waals surface area (Å²) in [6, 6.07) is 8.09. The first-order valence-electron chi connectivity index (χ1n) is 9.10. The number of likely N-dealkylation sites (N-methyl/N-ethyl adjacent to an activating group) is 1. The molecule has 1 aromatic heterocycles. The van der Waals surface area contributed by atoms with Crippen LogP contribution in [0.5, 0.6) is 0 Å². The molecule has 132 valence electrons. The highest BCUT2D eigenvalue weighted by Crippen LogP contribution is 2.29. The highest BCUT2D eigenvalue weighted by Gasteiger charge is 2.38. The standard InChI is InChI=1S/C19H24N4O2/c1-21-10-4-8-16(21)17-9-5-11-22(17)18(24)13-23-19(25)15-7-3-2-6-14(15)12-20-23/h2-3,6-7,12,16-17H,4-5,8-11,13H2,1H3/t16-,17-/m0/s1. The predicted molar refractivity (Wildman–Crippen MR) is 96.4 cm³/mol. The van der Waals surface area contributed by atoms with E-state index >= 15 is 0 Å². The second kappa shape index (κ2) is 6.59. The molecular weight excluding hydrogens is 316 g/mol. The van der Waals surface area contributed by atoms with E-state index in [1.807, 2.05) is 23.1 Å². The summed E-state index contributed by atoms with van der Waals surface area (Å²) in [5, 5.41) is 5.62. The van der Waals surface area contributed by atoms with Crippen LogP contribution in [-0.4, -0.2) is 57.7 Å². The number of hydrogen-bond donors (Lipinski definition) is 0. The lowest BCUT2D eigenvalue weighted by atomic mass is 10.0. The minimum atomic E-state index is -0.194. The van der Waals surface area contributed by atoms with Gasteiger partial charge in [-0.15, -0.1) is 0 Å². The SMILES string of the molecule is CN1CCC[C@H]1[C@@H]1CCCN1C(=O)Cn1ncc2ccccc2c1=O. The van der Waals surface area contributed by atoms with Gasteiger partial charge in [-0.05, 0) is 45.3 Å². The summed E-state index contributed by atoms with van der Waals surface area (Å²) in [6.07, 6.45) is 6.11. The third-order valence-corrected chi connectivity index (χ3v) is 5.69. The molecule has 2 atom stereocenters. The molecule has 2 aliphatic rings. The molecule has 0 saturated carbocycles. The van der Waals surface area contributed by atoms with E-state index in [0.29, 0.717) is 11.4 Å². The van der Waals surface area contributed by atoms with Crippen molar-refractivity contribution in [2.45, 2.75) is 44.3 Å². The first-order valence-corrected chi connectivity index (χ1v) is 9.10. The normalized spacial score (nSPS) is 24.3. The van der Waals surface area contributed by atoms with Crippen LogP contribution in [0.25, 0.3) is 10.8 Å². The molecule has 4 rings (SSSR count). The largest absolute Gasteiger partial charge is 0.337 e. The highest BCUT2D eigenvalue weighted by molar-refractivity contribution is 5.81. The van der Waals surface area contributed by atoms with Crippen molar-refractivity contribution in [3.8, 4) is 0 Å². The molecule has 25 heavy (non-hydrogen) atoms. The average molecular weight is 340 g/mol. The van der Waals surface area contributed by atoms with Crippen LogP contribution < -0.4 is 5.56 Å². The van der Waals surface area contributed by atoms with Crippen molar-refractivity contribution in [1.29, 1.82) is 0 Å². The van der Waals surface area contributed by atoms with E-state index in [-0.39, 0.29) is 24.1 Å². The minimum absolute atomic E-state index is 0.00711. The van der Waals surface area contributed by atoms with Crippen LogP contribution >= 0.6 is 0 Å². The van der Waals surface area contributed by atoms with E-state index in [9.17, 15) is 9.59 Å². The molecule has 6 nitrogen and oxygen atoms in total. The molecule has 2 aliphatic heterocycles. The monoisotopic (exact) mass is 340 g/mol. The number of hydrogen-bond acceptors (Lipinski definition) is 4. The Kier molecular flexibility index (Phi) is 4.29. The van der Waals surface area contributed by atoms with Crippen LogP contribution in [0, 0.1) is 0 Å². The summed E-state index contributed by atoms with van der Waals surface area (Å²) >= 11 is 0. The van der Waals surface area contributed by atoms with Crippen molar-refractivity contribution in [3.63, 3.8) is 0 Å². The van der Waals surface area contributed by atoms with Gasteiger partial charge in [0, 0.05) is 24.0 Å². The molecule has 0 bridgehead atoms. The zero-order valence-corrected chi connectivity index (χ0v) is 14.6. The van der Waals surface area contributed by atoms with Crippen molar-refractivity contribution < 1.29 is 4.79 Å². The Morgan fingerprint density at radius 1 is 1.16 bits per heavy atom. The Labute approximate surface area is 147 Å². The number of carbonyl (C=O) groups excluding carboxylic acids is 1. The zero-order chi connectivity index (χ0) is 17.4. The van der Waals surface area contributed by atoms with Gasteiger partial charge in [-0.3, -0.25) is 9.59 Å². The van der Waals surface area contributed by atoms with Crippen molar-refractivity contribution in [1.82, 2.24) is 19.6 Å². The molecule has 6 heteroatoms. The molecule has 2 fully saturated rings. The predicted octanol–water partition coefficient (Wildman–Crippen LogP) is 1.48. The first kappa shape index (κ1) is 16.3. The van der Waals surface area contributed by atoms with Crippen molar-refractivity contribution in [2.75, 3.05) is 20.1 Å². The van der Waals surface area contributed by atoms with Gasteiger partial charge in [0.1, 0.15) is 6.54 Å². The van der Waals surface area contributed by atoms with Crippen molar-refractivity contribution in [3.05, 3.63) is 40.8 Å². The lowest BCUT2D eigenvalue weighted by Crippen LogP contribution is -2.48. The summed E-state index contributed by atoms with van der Waals surface area (Å²) in [5.74, 6) is 0.00711. The molecule has 0 aliphatic carbocycles. The lowest BCUT2D eigenvalue weighted by molar-refractivity contribution is -0.133. The molecule has 1 amide bonds. The fourth-order valence-electron chi connectivity index (χ4n) is 4.38. The maximum atomic E-state index is 12.9. The molecular formula is C19H24N4O2. The number of carbonyl (C=O) groups is 1. The number of aromatic nitrogens is 2. The molecule has 0 radical (unpaired) electrons. The van der Waals surface area contributed by atoms with Crippen LogP contribution in [0.2, 0.25) is 0 Å². The summed E-state index contributed by atoms with van der Waals surface area (Å²) in [4.78, 5) is 29.8. The number of benzene rings is 1. The fraction of sp³-hybridized carbons (Fsp3) is 0.526. The maximum Gasteiger partial charge on any atom is 0.275 e. The average Bonchev–Trinajstić information content (AvgIpc) is 3.26. The Balaban J connectivity index is 1.55. The topological polar surface area (TPSA) is 58.4 Å². The summed E-state index contributed by atoms with van der Waals surface area (Å²) in [5.41, 5.74) is -0.194. The second-order valence-electron chi connectivity index (χ2n) is 7.18. The Hall–Kier alpha value is -2.21. The third-order valence-electron chi connectivity index (χ3n) is 5.69. The maximum absolute atomic E-state index is 12.9. The van der Waals surface area contributed by atoms with Crippen LogP contribution in [-0.2, 0) is 11.3 Å². The number of amides is 1. The van der Waals surface area contributed by atoms with E-state index in [4.69, 9.17) is 0 Å². The summed E-state index contributed by atoms with van der Waals surface area (Å²) in [6.45, 7) is 1.92. The number of likely N-dealkylation sites (tertiary alicyclic amines) is 2. The van der Waals surface area contributed by atoms with Gasteiger partial charge in [0.15, 0.2) is 0 Å². The van der Waals surface area contributed by atoms with Crippen molar-refractivity contribution in [2.24, 2.45) is 0 Å². The minimum Gasteiger partial charge on any atom is -0.337 e. The molecule has 0 unspecified atom stereocenters. The van der Waals surface area contributed by atoms with E-state index in [1.165, 1.54) is 11.1 Å². The molecule has 1 aromatic carbocycles. The van der Waals surface area contributed by atoms with E-state index in [1.54, 1.807) is 12.3 Å². The Morgan fingerprint density at radius 3 is 2.72 bits per heavy atom. The second-order valence-corrected chi connectivity index (χ2v) is 7.18. The summed E-state index contributed by atoms with van der Waals surface area (Å²) in [7, 11) is 2.15. The van der Waals surface area contributed by atoms with Gasteiger partial charge in [0.2, 0.25) is 5.91 Å². The molecule has 0 spiro atoms. The summed E-state index contributed by atoms with van der Waals surface area (Å²) < 4.78 is 1.30. The van der Waals surface area contributed by atoms with Gasteiger partial charge in [0.25, 0.3) is 5.56 Å². The van der Waals surface area contributed by atoms with Gasteiger partial charge in [-0.1, -0.05) is 18.2 Å². The molecule has 2 saturated heterocycles.